The number of anilines is 1. The average molecular weight is 735 g/mol. The summed E-state index contributed by atoms with van der Waals surface area (Å²) in [6.45, 7) is 1.53. The normalized spacial score (nSPS) is 12.3. The second kappa shape index (κ2) is 20.3. The summed E-state index contributed by atoms with van der Waals surface area (Å²) in [5, 5.41) is 5.95. The maximum atomic E-state index is 13.2. The van der Waals surface area contributed by atoms with E-state index in [1.807, 2.05) is 13.0 Å². The number of alkyl halides is 6. The molecule has 0 bridgehead atoms. The molecular weight excluding hydrogens is 702 g/mol. The number of pyridine rings is 2. The Balaban J connectivity index is 0.000000907. The van der Waals surface area contributed by atoms with E-state index >= 15 is 0 Å². The molecule has 4 aromatic rings. The van der Waals surface area contributed by atoms with Gasteiger partial charge in [0.2, 0.25) is 0 Å². The van der Waals surface area contributed by atoms with Crippen LogP contribution in [0.3, 0.4) is 0 Å². The van der Waals surface area contributed by atoms with Crippen LogP contribution >= 0.6 is 0 Å². The third-order valence-corrected chi connectivity index (χ3v) is 6.36. The third-order valence-electron chi connectivity index (χ3n) is 6.36. The van der Waals surface area contributed by atoms with Crippen LogP contribution < -0.4 is 78.2 Å². The van der Waals surface area contributed by atoms with Crippen LogP contribution in [0.25, 0.3) is 28.3 Å². The summed E-state index contributed by atoms with van der Waals surface area (Å²) < 4.78 is 94.4. The van der Waals surface area contributed by atoms with Crippen LogP contribution in [0, 0.1) is 25.9 Å². The van der Waals surface area contributed by atoms with E-state index < -0.39 is 29.8 Å². The minimum absolute atomic E-state index is 0. The maximum absolute atomic E-state index is 13.2. The number of aldehydes is 1. The monoisotopic (exact) mass is 734 g/mol. The average Bonchev–Trinajstić information content (AvgIpc) is 3.01. The largest absolute Gasteiger partial charge is 1.00 e. The van der Waals surface area contributed by atoms with E-state index in [1.54, 1.807) is 12.3 Å². The second-order valence-corrected chi connectivity index (χ2v) is 9.94. The van der Waals surface area contributed by atoms with E-state index in [-0.39, 0.29) is 92.5 Å². The molecule has 0 saturated heterocycles. The summed E-state index contributed by atoms with van der Waals surface area (Å²) in [5.74, 6) is -2.24. The zero-order chi connectivity index (χ0) is 34.9. The van der Waals surface area contributed by atoms with Gasteiger partial charge in [-0.15, -0.1) is 6.07 Å². The van der Waals surface area contributed by atoms with Crippen LogP contribution in [-0.2, 0) is 0 Å². The Hall–Kier alpha value is -3.62. The summed E-state index contributed by atoms with van der Waals surface area (Å²) in [7, 11) is 4.67. The van der Waals surface area contributed by atoms with Crippen molar-refractivity contribution in [3.05, 3.63) is 120 Å². The molecule has 0 amide bonds. The number of fused-ring (bicyclic) bond motifs is 1. The first-order chi connectivity index (χ1) is 22.1. The van der Waals surface area contributed by atoms with Crippen LogP contribution in [0.15, 0.2) is 78.4 Å². The van der Waals surface area contributed by atoms with E-state index in [0.29, 0.717) is 40.1 Å². The van der Waals surface area contributed by atoms with Crippen LogP contribution in [0.5, 0.6) is 5.75 Å². The number of nitrogens with zero attached hydrogens (tertiary/aromatic N) is 2. The summed E-state index contributed by atoms with van der Waals surface area (Å²) in [6.07, 6.45) is -5.14. The molecule has 266 valence electrons. The van der Waals surface area contributed by atoms with E-state index in [2.05, 4.69) is 33.8 Å². The van der Waals surface area contributed by atoms with Gasteiger partial charge in [0.1, 0.15) is 23.6 Å². The number of nitrogens with one attached hydrogen (secondary N) is 2. The molecule has 4 rings (SSSR count). The van der Waals surface area contributed by atoms with Crippen molar-refractivity contribution in [2.24, 2.45) is 11.5 Å². The number of hydrogen-bond donors (Lipinski definition) is 4. The van der Waals surface area contributed by atoms with Gasteiger partial charge in [-0.05, 0) is 73.5 Å². The van der Waals surface area contributed by atoms with Crippen LogP contribution in [0.2, 0.25) is 0 Å². The molecule has 1 atom stereocenters. The first kappa shape index (κ1) is 46.4. The van der Waals surface area contributed by atoms with Crippen molar-refractivity contribution in [1.29, 1.82) is 0 Å². The fraction of sp³-hybridized carbons (Fsp3) is 0.188. The number of carbonyl (C=O) groups excluding carboxylic acids is 1. The van der Waals surface area contributed by atoms with Crippen molar-refractivity contribution in [2.75, 3.05) is 18.9 Å². The second-order valence-electron chi connectivity index (χ2n) is 9.94. The number of rotatable bonds is 9. The molecule has 0 radical (unpaired) electrons. The Labute approximate surface area is 325 Å². The van der Waals surface area contributed by atoms with Gasteiger partial charge in [-0.2, -0.15) is 39.5 Å². The third kappa shape index (κ3) is 12.9. The predicted octanol–water partition coefficient (Wildman–Crippen LogP) is 4.24. The number of carbonyl (C=O) groups is 1. The smallest absolute Gasteiger partial charge is 0.870 e. The van der Waals surface area contributed by atoms with Gasteiger partial charge in [0, 0.05) is 23.7 Å². The molecule has 0 aliphatic heterocycles. The molecule has 18 heteroatoms. The number of ether oxygens (including phenoxy) is 1. The number of aromatic nitrogens is 2. The van der Waals surface area contributed by atoms with Crippen molar-refractivity contribution in [1.82, 2.24) is 15.3 Å². The van der Waals surface area contributed by atoms with E-state index in [4.69, 9.17) is 16.2 Å². The molecule has 2 aromatic heterocycles. The minimum atomic E-state index is -4.63. The van der Waals surface area contributed by atoms with Crippen molar-refractivity contribution >= 4 is 22.9 Å². The van der Waals surface area contributed by atoms with Crippen molar-refractivity contribution < 1.29 is 97.1 Å². The number of benzene rings is 2. The molecule has 0 aliphatic rings. The summed E-state index contributed by atoms with van der Waals surface area (Å²) in [4.78, 5) is 19.4. The van der Waals surface area contributed by atoms with Gasteiger partial charge in [-0.1, -0.05) is 23.4 Å². The first-order valence-electron chi connectivity index (χ1n) is 13.5. The van der Waals surface area contributed by atoms with Gasteiger partial charge in [0.25, 0.3) is 0 Å². The van der Waals surface area contributed by atoms with Gasteiger partial charge < -0.3 is 43.4 Å². The van der Waals surface area contributed by atoms with Crippen molar-refractivity contribution in [3.8, 4) is 17.0 Å². The Kier molecular flexibility index (Phi) is 18.8. The van der Waals surface area contributed by atoms with Gasteiger partial charge in [0.05, 0.1) is 17.1 Å². The fourth-order valence-corrected chi connectivity index (χ4v) is 4.12. The molecule has 0 saturated carbocycles. The Morgan fingerprint density at radius 2 is 1.72 bits per heavy atom. The number of hydrogen-bond acceptors (Lipinski definition) is 9. The molecule has 2 aromatic carbocycles. The van der Waals surface area contributed by atoms with Crippen molar-refractivity contribution in [2.45, 2.75) is 25.2 Å². The van der Waals surface area contributed by atoms with Crippen LogP contribution in [0.4, 0.5) is 36.4 Å². The molecule has 9 N–H and O–H groups in total. The summed E-state index contributed by atoms with van der Waals surface area (Å²) >= 11 is 0. The number of halogens is 7. The summed E-state index contributed by atoms with van der Waals surface area (Å²) in [6, 6.07) is 13.9. The topological polar surface area (TPSA) is 192 Å². The van der Waals surface area contributed by atoms with E-state index in [0.717, 1.165) is 17.7 Å². The zero-order valence-electron chi connectivity index (χ0n) is 27.0. The Bertz CT molecular complexity index is 1770. The molecular formula is C32H32F7KN7O3-3. The number of allylic oxidation sites excluding steroid dienone is 3. The molecule has 10 nitrogen and oxygen atoms in total. The Morgan fingerprint density at radius 1 is 1.08 bits per heavy atom. The first-order valence-corrected chi connectivity index (χ1v) is 13.5. The molecule has 50 heavy (non-hydrogen) atoms. The van der Waals surface area contributed by atoms with Gasteiger partial charge in [0.15, 0.2) is 0 Å². The fourth-order valence-electron chi connectivity index (χ4n) is 4.12. The van der Waals surface area contributed by atoms with E-state index in [1.165, 1.54) is 37.4 Å². The van der Waals surface area contributed by atoms with Gasteiger partial charge in [-0.25, -0.2) is 4.39 Å². The number of nitrogens with two attached hydrogens (primary N) is 3. The number of likely N-dealkylation sites (N-methyl/N-ethyl adjacent to an activating group) is 1. The SMILES string of the molecule is Cc1cnc2c(N/C(N)=C/C=C(\N)C(F)(F)F)cc(C=O)cc2c1.[CH2-]Oc1[c-]cc(C(CNC)C(F)(F)F)nc1-c1ccc(F)cc1.[K+].[NH2-].[OH-]. The van der Waals surface area contributed by atoms with Crippen LogP contribution in [0.1, 0.15) is 27.5 Å². The zero-order valence-corrected chi connectivity index (χ0v) is 30.1. The minimum Gasteiger partial charge on any atom is -0.870 e. The quantitative estimate of drug-likeness (QED) is 0.0641. The van der Waals surface area contributed by atoms with E-state index in [9.17, 15) is 35.5 Å². The van der Waals surface area contributed by atoms with Crippen LogP contribution in [-0.4, -0.2) is 47.7 Å². The summed E-state index contributed by atoms with van der Waals surface area (Å²) in [5.41, 5.74) is 11.9. The van der Waals surface area contributed by atoms with Crippen molar-refractivity contribution in [3.63, 3.8) is 0 Å². The predicted molar refractivity (Wildman–Crippen MR) is 170 cm³/mol. The molecule has 0 spiro atoms. The number of aryl methyl sites for hydroxylation is 1. The standard InChI is InChI=1S/C16H14F4N2O.C16H15F3N4O.K.H2N.H2O/c1-21-9-12(16(18,19)20)13-7-8-14(23-2)15(22-13)10-3-5-11(17)6-4-10;1-9-4-11-5-10(8-24)6-12(15(11)22-7-9)23-14(21)3-2-13(20)16(17,18)19;;;/h3-7,12,21H,2,9H2,1H3;2-8,23H,20-21H2,1H3;;2*1H2/q-2;;+1;-1;/p-1/b;13-2-,14-3+;;;. The van der Waals surface area contributed by atoms with Gasteiger partial charge >= 0.3 is 63.7 Å². The molecule has 1 unspecified atom stereocenters. The van der Waals surface area contributed by atoms with Gasteiger partial charge in [-0.3, -0.25) is 9.78 Å². The molecule has 0 aliphatic carbocycles. The Morgan fingerprint density at radius 3 is 2.26 bits per heavy atom. The molecule has 2 heterocycles. The maximum Gasteiger partial charge on any atom is 1.00 e. The molecule has 0 fully saturated rings.